The third kappa shape index (κ3) is 3.45. The lowest BCUT2D eigenvalue weighted by molar-refractivity contribution is 0.191. The van der Waals surface area contributed by atoms with E-state index in [-0.39, 0.29) is 11.9 Å². The first-order chi connectivity index (χ1) is 11.2. The van der Waals surface area contributed by atoms with Gasteiger partial charge in [0.15, 0.2) is 5.82 Å². The summed E-state index contributed by atoms with van der Waals surface area (Å²) in [4.78, 5) is 22.4. The number of hydrogen-bond donors (Lipinski definition) is 2. The van der Waals surface area contributed by atoms with Gasteiger partial charge >= 0.3 is 6.03 Å². The van der Waals surface area contributed by atoms with Crippen LogP contribution in [0.4, 0.5) is 10.5 Å². The molecular weight excluding hydrogens is 294 g/mol. The van der Waals surface area contributed by atoms with Crippen molar-refractivity contribution in [1.82, 2.24) is 25.1 Å². The maximum absolute atomic E-state index is 12.4. The van der Waals surface area contributed by atoms with Crippen molar-refractivity contribution in [2.75, 3.05) is 18.4 Å². The Balaban J connectivity index is 1.63. The Labute approximate surface area is 133 Å². The maximum atomic E-state index is 12.4. The van der Waals surface area contributed by atoms with E-state index in [1.807, 2.05) is 13.0 Å². The third-order valence-electron chi connectivity index (χ3n) is 3.82. The highest BCUT2D eigenvalue weighted by atomic mass is 16.2. The molecule has 0 aromatic carbocycles. The number of amides is 2. The Morgan fingerprint density at radius 3 is 3.04 bits per heavy atom. The minimum atomic E-state index is -0.173. The van der Waals surface area contributed by atoms with Gasteiger partial charge < -0.3 is 10.2 Å². The van der Waals surface area contributed by atoms with Crippen molar-refractivity contribution in [3.63, 3.8) is 0 Å². The summed E-state index contributed by atoms with van der Waals surface area (Å²) in [5, 5.41) is 18.6. The highest BCUT2D eigenvalue weighted by Gasteiger charge is 2.27. The molecule has 118 valence electrons. The van der Waals surface area contributed by atoms with Crippen molar-refractivity contribution in [2.24, 2.45) is 0 Å². The van der Waals surface area contributed by atoms with Gasteiger partial charge in [-0.25, -0.2) is 14.8 Å². The number of aromatic nitrogens is 4. The van der Waals surface area contributed by atoms with Crippen LogP contribution in [0, 0.1) is 18.3 Å². The molecule has 2 amide bonds. The van der Waals surface area contributed by atoms with Crippen LogP contribution >= 0.6 is 0 Å². The first kappa shape index (κ1) is 15.0. The lowest BCUT2D eigenvalue weighted by Gasteiger charge is -2.31. The van der Waals surface area contributed by atoms with Crippen molar-refractivity contribution in [3.05, 3.63) is 35.7 Å². The molecule has 0 aliphatic carbocycles. The van der Waals surface area contributed by atoms with Gasteiger partial charge in [-0.05, 0) is 31.9 Å². The van der Waals surface area contributed by atoms with Gasteiger partial charge in [0, 0.05) is 19.0 Å². The van der Waals surface area contributed by atoms with Crippen LogP contribution in [0.5, 0.6) is 0 Å². The number of H-pyrrole nitrogens is 1. The van der Waals surface area contributed by atoms with E-state index in [9.17, 15) is 4.79 Å². The van der Waals surface area contributed by atoms with E-state index in [1.54, 1.807) is 17.0 Å². The Bertz CT molecular complexity index is 731. The van der Waals surface area contributed by atoms with Crippen LogP contribution in [0.15, 0.2) is 18.3 Å². The van der Waals surface area contributed by atoms with E-state index in [0.717, 1.165) is 24.5 Å². The molecule has 0 radical (unpaired) electrons. The fourth-order valence-corrected chi connectivity index (χ4v) is 2.65. The van der Waals surface area contributed by atoms with Crippen molar-refractivity contribution >= 4 is 11.7 Å². The molecule has 23 heavy (non-hydrogen) atoms. The molecule has 2 aromatic rings. The minimum Gasteiger partial charge on any atom is -0.324 e. The summed E-state index contributed by atoms with van der Waals surface area (Å²) in [5.74, 6) is 1.70. The molecule has 2 aromatic heterocycles. The number of nitrogens with zero attached hydrogens (tertiary/aromatic N) is 5. The zero-order valence-corrected chi connectivity index (χ0v) is 12.8. The summed E-state index contributed by atoms with van der Waals surface area (Å²) in [6.45, 7) is 3.16. The Kier molecular flexibility index (Phi) is 4.19. The molecule has 0 unspecified atom stereocenters. The van der Waals surface area contributed by atoms with Gasteiger partial charge in [0.2, 0.25) is 0 Å². The first-order valence-corrected chi connectivity index (χ1v) is 7.46. The number of rotatable bonds is 2. The average molecular weight is 311 g/mol. The van der Waals surface area contributed by atoms with Gasteiger partial charge in [-0.2, -0.15) is 10.4 Å². The summed E-state index contributed by atoms with van der Waals surface area (Å²) >= 11 is 0. The van der Waals surface area contributed by atoms with Crippen LogP contribution in [-0.4, -0.2) is 44.2 Å². The third-order valence-corrected chi connectivity index (χ3v) is 3.82. The lowest BCUT2D eigenvalue weighted by atomic mass is 9.98. The van der Waals surface area contributed by atoms with Gasteiger partial charge in [-0.1, -0.05) is 0 Å². The predicted octanol–water partition coefficient (Wildman–Crippen LogP) is 1.79. The molecule has 3 rings (SSSR count). The summed E-state index contributed by atoms with van der Waals surface area (Å²) in [6.07, 6.45) is 3.37. The molecule has 0 spiro atoms. The number of aryl methyl sites for hydroxylation is 1. The second-order valence-corrected chi connectivity index (χ2v) is 5.54. The van der Waals surface area contributed by atoms with Crippen molar-refractivity contribution in [1.29, 1.82) is 5.26 Å². The average Bonchev–Trinajstić information content (AvgIpc) is 3.02. The number of hydrogen-bond acceptors (Lipinski definition) is 5. The quantitative estimate of drug-likeness (QED) is 0.878. The normalized spacial score (nSPS) is 17.6. The van der Waals surface area contributed by atoms with E-state index < -0.39 is 0 Å². The topological polar surface area (TPSA) is 111 Å². The number of aromatic amines is 1. The number of carbonyl (C=O) groups excluding carboxylic acids is 1. The van der Waals surface area contributed by atoms with Crippen LogP contribution in [0.1, 0.15) is 36.1 Å². The fourth-order valence-electron chi connectivity index (χ4n) is 2.65. The molecule has 1 fully saturated rings. The van der Waals surface area contributed by atoms with E-state index in [0.29, 0.717) is 24.5 Å². The zero-order chi connectivity index (χ0) is 16.2. The second kappa shape index (κ2) is 6.44. The Morgan fingerprint density at radius 2 is 2.39 bits per heavy atom. The van der Waals surface area contributed by atoms with Gasteiger partial charge in [0.05, 0.1) is 11.9 Å². The number of carbonyl (C=O) groups is 1. The molecule has 0 saturated carbocycles. The largest absolute Gasteiger partial charge is 0.324 e. The summed E-state index contributed by atoms with van der Waals surface area (Å²) in [6, 6.07) is 5.02. The maximum Gasteiger partial charge on any atom is 0.321 e. The van der Waals surface area contributed by atoms with Crippen LogP contribution in [0.25, 0.3) is 0 Å². The van der Waals surface area contributed by atoms with Crippen LogP contribution in [-0.2, 0) is 0 Å². The molecule has 1 atom stereocenters. The molecule has 8 heteroatoms. The van der Waals surface area contributed by atoms with E-state index in [1.165, 1.54) is 6.20 Å². The molecule has 1 aliphatic heterocycles. The van der Waals surface area contributed by atoms with Gasteiger partial charge in [-0.3, -0.25) is 5.10 Å². The Morgan fingerprint density at radius 1 is 1.52 bits per heavy atom. The molecule has 1 aliphatic rings. The Hall–Kier alpha value is -2.95. The smallest absolute Gasteiger partial charge is 0.321 e. The van der Waals surface area contributed by atoms with Gasteiger partial charge in [0.1, 0.15) is 17.6 Å². The summed E-state index contributed by atoms with van der Waals surface area (Å²) < 4.78 is 0. The molecule has 1 saturated heterocycles. The van der Waals surface area contributed by atoms with Crippen molar-refractivity contribution in [3.8, 4) is 6.07 Å². The second-order valence-electron chi connectivity index (χ2n) is 5.54. The predicted molar refractivity (Wildman–Crippen MR) is 82.6 cm³/mol. The fraction of sp³-hybridized carbons (Fsp3) is 0.400. The molecular formula is C15H17N7O. The minimum absolute atomic E-state index is 0.151. The van der Waals surface area contributed by atoms with E-state index in [4.69, 9.17) is 5.26 Å². The molecule has 3 heterocycles. The summed E-state index contributed by atoms with van der Waals surface area (Å²) in [5.41, 5.74) is 0.894. The van der Waals surface area contributed by atoms with Crippen LogP contribution in [0.3, 0.4) is 0 Å². The van der Waals surface area contributed by atoms with E-state index >= 15 is 0 Å². The van der Waals surface area contributed by atoms with Crippen molar-refractivity contribution < 1.29 is 4.79 Å². The van der Waals surface area contributed by atoms with Gasteiger partial charge in [0.25, 0.3) is 0 Å². The van der Waals surface area contributed by atoms with Gasteiger partial charge in [-0.15, -0.1) is 0 Å². The van der Waals surface area contributed by atoms with E-state index in [2.05, 4.69) is 25.5 Å². The number of anilines is 1. The number of pyridine rings is 1. The SMILES string of the molecule is Cc1nc([C@@H]2CCCN(C(=O)Nc3ccc(C#N)nc3)C2)n[nH]1. The number of likely N-dealkylation sites (tertiary alicyclic amines) is 1. The highest BCUT2D eigenvalue weighted by molar-refractivity contribution is 5.89. The zero-order valence-electron chi connectivity index (χ0n) is 12.8. The number of nitrogens with one attached hydrogen (secondary N) is 2. The molecule has 2 N–H and O–H groups in total. The first-order valence-electron chi connectivity index (χ1n) is 7.46. The highest BCUT2D eigenvalue weighted by Crippen LogP contribution is 2.24. The number of urea groups is 1. The van der Waals surface area contributed by atoms with Crippen LogP contribution in [0.2, 0.25) is 0 Å². The number of nitriles is 1. The lowest BCUT2D eigenvalue weighted by Crippen LogP contribution is -2.41. The summed E-state index contributed by atoms with van der Waals surface area (Å²) in [7, 11) is 0. The number of piperidine rings is 1. The standard InChI is InChI=1S/C15H17N7O/c1-10-18-14(21-20-10)11-3-2-6-22(9-11)15(23)19-13-5-4-12(7-16)17-8-13/h4-5,8,11H,2-3,6,9H2,1H3,(H,19,23)(H,18,20,21)/t11-/m1/s1. The molecule has 0 bridgehead atoms. The monoisotopic (exact) mass is 311 g/mol. The van der Waals surface area contributed by atoms with Crippen molar-refractivity contribution in [2.45, 2.75) is 25.7 Å². The van der Waals surface area contributed by atoms with Crippen LogP contribution < -0.4 is 5.32 Å². The molecule has 8 nitrogen and oxygen atoms in total.